The van der Waals surface area contributed by atoms with Crippen molar-refractivity contribution in [3.63, 3.8) is 0 Å². The van der Waals surface area contributed by atoms with Crippen LogP contribution in [0.3, 0.4) is 0 Å². The van der Waals surface area contributed by atoms with Crippen LogP contribution in [-0.4, -0.2) is 0 Å². The molecule has 14 heavy (non-hydrogen) atoms. The summed E-state index contributed by atoms with van der Waals surface area (Å²) < 4.78 is 88.6. The van der Waals surface area contributed by atoms with E-state index in [0.717, 1.165) is 0 Å². The molecule has 0 heterocycles. The Labute approximate surface area is 71.2 Å². The summed E-state index contributed by atoms with van der Waals surface area (Å²) in [5.74, 6) is 0. The highest BCUT2D eigenvalue weighted by atomic mass is 31.2. The molecule has 86 valence electrons. The molecule has 0 aliphatic carbocycles. The van der Waals surface area contributed by atoms with Crippen LogP contribution >= 0.6 is 7.82 Å². The van der Waals surface area contributed by atoms with Gasteiger partial charge in [-0.15, -0.1) is 0 Å². The molecule has 0 amide bonds. The summed E-state index contributed by atoms with van der Waals surface area (Å²) in [7, 11) is -5.16. The van der Waals surface area contributed by atoms with Gasteiger partial charge in [0.2, 0.25) is 0 Å². The zero-order valence-corrected chi connectivity index (χ0v) is 6.62. The Hall–Kier alpha value is -0.640. The molecule has 0 aromatic heterocycles. The zero-order valence-electron chi connectivity index (χ0n) is 5.73. The molecule has 12 heteroatoms. The molecule has 0 saturated heterocycles. The number of hydrogen-bond donors (Lipinski definition) is 0. The summed E-state index contributed by atoms with van der Waals surface area (Å²) in [6.45, 7) is 0. The molecule has 0 spiro atoms. The monoisotopic (exact) mass is 252 g/mol. The van der Waals surface area contributed by atoms with E-state index >= 15 is 0 Å². The van der Waals surface area contributed by atoms with Gasteiger partial charge in [0.1, 0.15) is 0 Å². The Morgan fingerprint density at radius 2 is 1.00 bits per heavy atom. The maximum absolute atomic E-state index is 10.5. The Morgan fingerprint density at radius 1 is 0.786 bits per heavy atom. The number of rotatable bonds is 3. The second kappa shape index (κ2) is 7.74. The fourth-order valence-electron chi connectivity index (χ4n) is 0.0319. The third kappa shape index (κ3) is 7.98. The molecule has 0 fully saturated rings. The van der Waals surface area contributed by atoms with Gasteiger partial charge >= 0.3 is 20.0 Å². The van der Waals surface area contributed by atoms with Crippen molar-refractivity contribution < 1.29 is 49.9 Å². The second-order valence-electron chi connectivity index (χ2n) is 1.18. The van der Waals surface area contributed by atoms with Crippen LogP contribution in [-0.2, 0) is 18.8 Å². The molecule has 4 nitrogen and oxygen atoms in total. The van der Waals surface area contributed by atoms with Crippen LogP contribution in [0.5, 0.6) is 0 Å². The van der Waals surface area contributed by atoms with Crippen molar-refractivity contribution in [3.8, 4) is 0 Å². The van der Waals surface area contributed by atoms with Crippen molar-refractivity contribution in [1.82, 2.24) is 0 Å². The Kier molecular flexibility index (Phi) is 8.74. The van der Waals surface area contributed by atoms with Crippen molar-refractivity contribution in [2.75, 3.05) is 0 Å². The average Bonchev–Trinajstić information content (AvgIpc) is 2.17. The van der Waals surface area contributed by atoms with Gasteiger partial charge in [0.25, 0.3) is 0 Å². The molecule has 0 rings (SSSR count). The maximum atomic E-state index is 10.5. The molecular weight excluding hydrogens is 252 g/mol. The minimum absolute atomic E-state index is 2.10. The lowest BCUT2D eigenvalue weighted by Gasteiger charge is -1.95. The first kappa shape index (κ1) is 15.8. The minimum atomic E-state index is -5.16. The number of phosphoric acid groups is 1. The first-order chi connectivity index (χ1) is 6.32. The Bertz CT molecular complexity index is 193. The van der Waals surface area contributed by atoms with Gasteiger partial charge in [-0.2, -0.15) is 17.6 Å². The quantitative estimate of drug-likeness (QED) is 0.566. The van der Waals surface area contributed by atoms with Crippen LogP contribution in [0.25, 0.3) is 0 Å². The lowest BCUT2D eigenvalue weighted by atomic mass is 11.1. The lowest BCUT2D eigenvalue weighted by Crippen LogP contribution is -1.79. The zero-order chi connectivity index (χ0) is 11.8. The number of halogens is 7. The predicted molar refractivity (Wildman–Crippen MR) is 25.6 cm³/mol. The van der Waals surface area contributed by atoms with Crippen LogP contribution in [0.15, 0.2) is 12.2 Å². The smallest absolute Gasteiger partial charge is 0.220 e. The third-order valence-electron chi connectivity index (χ3n) is 0.396. The molecule has 0 radical (unpaired) electrons. The molecule has 0 aromatic carbocycles. The van der Waals surface area contributed by atoms with E-state index in [4.69, 9.17) is 0 Å². The second-order valence-corrected chi connectivity index (χ2v) is 2.48. The normalized spacial score (nSPS) is 10.2. The highest BCUT2D eigenvalue weighted by molar-refractivity contribution is 7.48. The van der Waals surface area contributed by atoms with E-state index in [9.17, 15) is 35.7 Å². The molecule has 0 N–H and O–H groups in total. The molecule has 0 bridgehead atoms. The predicted octanol–water partition coefficient (Wildman–Crippen LogP) is 3.79. The van der Waals surface area contributed by atoms with E-state index in [-0.39, 0.29) is 0 Å². The van der Waals surface area contributed by atoms with Crippen LogP contribution < -0.4 is 0 Å². The summed E-state index contributed by atoms with van der Waals surface area (Å²) in [5, 5.41) is 0. The van der Waals surface area contributed by atoms with Gasteiger partial charge in [-0.3, -0.25) is 0 Å². The summed E-state index contributed by atoms with van der Waals surface area (Å²) >= 11 is 0. The molecule has 0 atom stereocenters. The van der Waals surface area contributed by atoms with E-state index in [1.165, 1.54) is 0 Å². The molecular formula is C2F7O4P. The molecule has 0 aliphatic heterocycles. The van der Waals surface area contributed by atoms with Crippen LogP contribution in [0.2, 0.25) is 0 Å². The van der Waals surface area contributed by atoms with Crippen molar-refractivity contribution >= 4 is 7.82 Å². The average molecular weight is 252 g/mol. The fourth-order valence-corrected chi connectivity index (χ4v) is 0.0958. The Balaban J connectivity index is 0. The van der Waals surface area contributed by atoms with Crippen molar-refractivity contribution in [3.05, 3.63) is 12.2 Å². The highest BCUT2D eigenvalue weighted by Crippen LogP contribution is 2.50. The van der Waals surface area contributed by atoms with Crippen molar-refractivity contribution in [1.29, 1.82) is 0 Å². The van der Waals surface area contributed by atoms with Gasteiger partial charge in [-0.25, -0.2) is 4.57 Å². The SMILES string of the molecule is FC(F)=C(F)F.O=P(OF)(OF)OF. The molecule has 0 saturated carbocycles. The topological polar surface area (TPSA) is 44.8 Å². The van der Waals surface area contributed by atoms with Crippen molar-refractivity contribution in [2.24, 2.45) is 0 Å². The summed E-state index contributed by atoms with van der Waals surface area (Å²) in [6, 6.07) is 0. The molecule has 0 aromatic rings. The standard InChI is InChI=1S/C2F4.F3O4P/c3-1(4)2(5)6;1-5-8(4,6-2)7-3. The van der Waals surface area contributed by atoms with Crippen LogP contribution in [0.4, 0.5) is 31.1 Å². The molecule has 0 aliphatic rings. The van der Waals surface area contributed by atoms with Gasteiger partial charge in [-0.1, -0.05) is 14.2 Å². The summed E-state index contributed by atoms with van der Waals surface area (Å²) in [6.07, 6.45) is -5.81. The van der Waals surface area contributed by atoms with E-state index in [2.05, 4.69) is 14.2 Å². The van der Waals surface area contributed by atoms with Gasteiger partial charge in [0.15, 0.2) is 0 Å². The van der Waals surface area contributed by atoms with Crippen molar-refractivity contribution in [2.45, 2.75) is 0 Å². The van der Waals surface area contributed by atoms with Gasteiger partial charge in [0, 0.05) is 0 Å². The lowest BCUT2D eigenvalue weighted by molar-refractivity contribution is -0.163. The first-order valence-corrected chi connectivity index (χ1v) is 3.66. The molecule has 0 unspecified atom stereocenters. The number of hydrogen-bond acceptors (Lipinski definition) is 4. The Morgan fingerprint density at radius 3 is 1.00 bits per heavy atom. The summed E-state index contributed by atoms with van der Waals surface area (Å²) in [4.78, 5) is 0. The van der Waals surface area contributed by atoms with Gasteiger partial charge < -0.3 is 0 Å². The highest BCUT2D eigenvalue weighted by Gasteiger charge is 2.31. The van der Waals surface area contributed by atoms with Crippen LogP contribution in [0.1, 0.15) is 0 Å². The van der Waals surface area contributed by atoms with Gasteiger partial charge in [0.05, 0.1) is 0 Å². The first-order valence-electron chi connectivity index (χ1n) is 2.20. The largest absolute Gasteiger partial charge is 0.568 e. The van der Waals surface area contributed by atoms with Gasteiger partial charge in [-0.05, 0) is 13.6 Å². The fraction of sp³-hybridized carbons (Fsp3) is 0. The van der Waals surface area contributed by atoms with E-state index in [1.54, 1.807) is 0 Å². The van der Waals surface area contributed by atoms with E-state index in [0.29, 0.717) is 0 Å². The maximum Gasteiger partial charge on any atom is 0.568 e. The third-order valence-corrected chi connectivity index (χ3v) is 0.903. The van der Waals surface area contributed by atoms with E-state index in [1.807, 2.05) is 0 Å². The summed E-state index contributed by atoms with van der Waals surface area (Å²) in [5.41, 5.74) is 0. The minimum Gasteiger partial charge on any atom is -0.220 e. The van der Waals surface area contributed by atoms with Crippen LogP contribution in [0, 0.1) is 0 Å². The van der Waals surface area contributed by atoms with E-state index < -0.39 is 20.0 Å².